The first-order chi connectivity index (χ1) is 13.1. The molecule has 0 fully saturated rings. The molecule has 0 aliphatic heterocycles. The summed E-state index contributed by atoms with van der Waals surface area (Å²) >= 11 is 0. The van der Waals surface area contributed by atoms with Crippen LogP contribution in [-0.2, 0) is 13.0 Å². The number of aryl methyl sites for hydroxylation is 1. The molecule has 0 saturated carbocycles. The number of hydrogen-bond acceptors (Lipinski definition) is 4. The third-order valence-electron chi connectivity index (χ3n) is 3.99. The monoisotopic (exact) mass is 404 g/mol. The van der Waals surface area contributed by atoms with Gasteiger partial charge in [-0.1, -0.05) is 12.1 Å². The minimum atomic E-state index is -0.624. The molecule has 0 saturated heterocycles. The third-order valence-corrected chi connectivity index (χ3v) is 3.99. The molecule has 8 heteroatoms. The van der Waals surface area contributed by atoms with E-state index >= 15 is 0 Å². The SMILES string of the molecule is CCn1cc(NC(=O)c2cc(Oc3ccc(CCN)cc3)ccc2F)cn1.Cl. The molecule has 1 aromatic heterocycles. The summed E-state index contributed by atoms with van der Waals surface area (Å²) < 4.78 is 21.5. The summed E-state index contributed by atoms with van der Waals surface area (Å²) in [6.07, 6.45) is 3.98. The lowest BCUT2D eigenvalue weighted by Crippen LogP contribution is -2.13. The van der Waals surface area contributed by atoms with E-state index in [-0.39, 0.29) is 18.0 Å². The van der Waals surface area contributed by atoms with Crippen molar-refractivity contribution in [3.05, 3.63) is 71.8 Å². The van der Waals surface area contributed by atoms with Gasteiger partial charge in [-0.15, -0.1) is 12.4 Å². The van der Waals surface area contributed by atoms with Crippen LogP contribution in [0.2, 0.25) is 0 Å². The van der Waals surface area contributed by atoms with Crippen LogP contribution in [-0.4, -0.2) is 22.2 Å². The summed E-state index contributed by atoms with van der Waals surface area (Å²) in [6, 6.07) is 11.5. The summed E-state index contributed by atoms with van der Waals surface area (Å²) in [5, 5.41) is 6.71. The van der Waals surface area contributed by atoms with Gasteiger partial charge in [0.15, 0.2) is 0 Å². The highest BCUT2D eigenvalue weighted by molar-refractivity contribution is 6.04. The van der Waals surface area contributed by atoms with E-state index in [1.165, 1.54) is 24.4 Å². The molecule has 2 aromatic carbocycles. The average Bonchev–Trinajstić information content (AvgIpc) is 3.12. The maximum Gasteiger partial charge on any atom is 0.258 e. The van der Waals surface area contributed by atoms with Gasteiger partial charge in [-0.25, -0.2) is 4.39 Å². The molecule has 0 bridgehead atoms. The molecule has 28 heavy (non-hydrogen) atoms. The number of carbonyl (C=O) groups is 1. The number of rotatable bonds is 7. The number of aromatic nitrogens is 2. The minimum Gasteiger partial charge on any atom is -0.457 e. The molecule has 0 aliphatic rings. The van der Waals surface area contributed by atoms with Crippen LogP contribution in [0.15, 0.2) is 54.9 Å². The summed E-state index contributed by atoms with van der Waals surface area (Å²) in [6.45, 7) is 3.19. The van der Waals surface area contributed by atoms with Gasteiger partial charge in [0.2, 0.25) is 0 Å². The van der Waals surface area contributed by atoms with E-state index in [0.717, 1.165) is 12.0 Å². The number of benzene rings is 2. The average molecular weight is 405 g/mol. The van der Waals surface area contributed by atoms with E-state index in [2.05, 4.69) is 10.4 Å². The van der Waals surface area contributed by atoms with Crippen LogP contribution in [0.1, 0.15) is 22.8 Å². The lowest BCUT2D eigenvalue weighted by molar-refractivity contribution is 0.102. The van der Waals surface area contributed by atoms with Gasteiger partial charge < -0.3 is 15.8 Å². The molecule has 0 unspecified atom stereocenters. The van der Waals surface area contributed by atoms with E-state index < -0.39 is 11.7 Å². The normalized spacial score (nSPS) is 10.2. The molecule has 0 spiro atoms. The van der Waals surface area contributed by atoms with E-state index in [4.69, 9.17) is 10.5 Å². The van der Waals surface area contributed by atoms with E-state index in [1.807, 2.05) is 31.2 Å². The van der Waals surface area contributed by atoms with Gasteiger partial charge in [-0.05, 0) is 55.8 Å². The van der Waals surface area contributed by atoms with E-state index in [0.29, 0.717) is 30.3 Å². The Kier molecular flexibility index (Phi) is 7.54. The molecular weight excluding hydrogens is 383 g/mol. The largest absolute Gasteiger partial charge is 0.457 e. The lowest BCUT2D eigenvalue weighted by Gasteiger charge is -2.09. The number of halogens is 2. The highest BCUT2D eigenvalue weighted by atomic mass is 35.5. The molecule has 0 radical (unpaired) electrons. The third kappa shape index (κ3) is 5.31. The smallest absolute Gasteiger partial charge is 0.258 e. The number of nitrogens with one attached hydrogen (secondary N) is 1. The Balaban J connectivity index is 0.00000280. The van der Waals surface area contributed by atoms with Crippen molar-refractivity contribution in [2.75, 3.05) is 11.9 Å². The second kappa shape index (κ2) is 9.87. The molecule has 6 nitrogen and oxygen atoms in total. The fraction of sp³-hybridized carbons (Fsp3) is 0.200. The Morgan fingerprint density at radius 2 is 1.93 bits per heavy atom. The van der Waals surface area contributed by atoms with Crippen molar-refractivity contribution >= 4 is 24.0 Å². The first-order valence-corrected chi connectivity index (χ1v) is 8.69. The van der Waals surface area contributed by atoms with Gasteiger partial charge in [0, 0.05) is 12.7 Å². The predicted molar refractivity (Wildman–Crippen MR) is 109 cm³/mol. The molecule has 3 aromatic rings. The van der Waals surface area contributed by atoms with Crippen LogP contribution in [0.4, 0.5) is 10.1 Å². The van der Waals surface area contributed by atoms with Crippen LogP contribution >= 0.6 is 12.4 Å². The van der Waals surface area contributed by atoms with Crippen LogP contribution in [0.5, 0.6) is 11.5 Å². The number of ether oxygens (including phenoxy) is 1. The van der Waals surface area contributed by atoms with Gasteiger partial charge in [0.1, 0.15) is 17.3 Å². The number of nitrogens with zero attached hydrogens (tertiary/aromatic N) is 2. The summed E-state index contributed by atoms with van der Waals surface area (Å²) in [4.78, 5) is 12.4. The zero-order valence-corrected chi connectivity index (χ0v) is 16.2. The lowest BCUT2D eigenvalue weighted by atomic mass is 10.1. The summed E-state index contributed by atoms with van der Waals surface area (Å²) in [7, 11) is 0. The number of anilines is 1. The number of nitrogens with two attached hydrogens (primary N) is 1. The number of hydrogen-bond donors (Lipinski definition) is 2. The van der Waals surface area contributed by atoms with Crippen LogP contribution < -0.4 is 15.8 Å². The summed E-state index contributed by atoms with van der Waals surface area (Å²) in [5.41, 5.74) is 7.05. The minimum absolute atomic E-state index is 0. The van der Waals surface area contributed by atoms with Crippen molar-refractivity contribution < 1.29 is 13.9 Å². The molecular formula is C20H22ClFN4O2. The van der Waals surface area contributed by atoms with Gasteiger partial charge >= 0.3 is 0 Å². The van der Waals surface area contributed by atoms with Crippen molar-refractivity contribution in [3.63, 3.8) is 0 Å². The van der Waals surface area contributed by atoms with Crippen molar-refractivity contribution in [2.45, 2.75) is 19.9 Å². The fourth-order valence-corrected chi connectivity index (χ4v) is 2.57. The second-order valence-electron chi connectivity index (χ2n) is 5.97. The van der Waals surface area contributed by atoms with Crippen LogP contribution in [0.3, 0.4) is 0 Å². The molecule has 0 aliphatic carbocycles. The highest BCUT2D eigenvalue weighted by Gasteiger charge is 2.14. The number of carbonyl (C=O) groups excluding carboxylic acids is 1. The van der Waals surface area contributed by atoms with Crippen molar-refractivity contribution in [3.8, 4) is 11.5 Å². The topological polar surface area (TPSA) is 82.2 Å². The predicted octanol–water partition coefficient (Wildman–Crippen LogP) is 4.01. The molecule has 1 heterocycles. The molecule has 3 N–H and O–H groups in total. The molecule has 0 atom stereocenters. The molecule has 148 valence electrons. The Bertz CT molecular complexity index is 928. The van der Waals surface area contributed by atoms with Gasteiger partial charge in [-0.3, -0.25) is 9.48 Å². The second-order valence-corrected chi connectivity index (χ2v) is 5.97. The fourth-order valence-electron chi connectivity index (χ4n) is 2.57. The Morgan fingerprint density at radius 3 is 2.57 bits per heavy atom. The van der Waals surface area contributed by atoms with Crippen LogP contribution in [0, 0.1) is 5.82 Å². The van der Waals surface area contributed by atoms with Gasteiger partial charge in [0.25, 0.3) is 5.91 Å². The molecule has 1 amide bonds. The van der Waals surface area contributed by atoms with E-state index in [9.17, 15) is 9.18 Å². The van der Waals surface area contributed by atoms with Crippen molar-refractivity contribution in [2.24, 2.45) is 5.73 Å². The maximum absolute atomic E-state index is 14.1. The van der Waals surface area contributed by atoms with Gasteiger partial charge in [0.05, 0.1) is 17.4 Å². The maximum atomic E-state index is 14.1. The summed E-state index contributed by atoms with van der Waals surface area (Å²) in [5.74, 6) is -0.219. The van der Waals surface area contributed by atoms with Crippen LogP contribution in [0.25, 0.3) is 0 Å². The number of amides is 1. The first kappa shape index (κ1) is 21.4. The molecule has 3 rings (SSSR count). The zero-order valence-electron chi connectivity index (χ0n) is 15.4. The van der Waals surface area contributed by atoms with Crippen molar-refractivity contribution in [1.29, 1.82) is 0 Å². The van der Waals surface area contributed by atoms with Crippen molar-refractivity contribution in [1.82, 2.24) is 9.78 Å². The highest BCUT2D eigenvalue weighted by Crippen LogP contribution is 2.24. The Morgan fingerprint density at radius 1 is 1.21 bits per heavy atom. The Hall–Kier alpha value is -2.90. The first-order valence-electron chi connectivity index (χ1n) is 8.69. The standard InChI is InChI=1S/C20H21FN4O2.ClH/c1-2-25-13-15(12-23-25)24-20(26)18-11-17(7-8-19(18)21)27-16-5-3-14(4-6-16)9-10-22;/h3-8,11-13H,2,9-10,22H2,1H3,(H,24,26);1H. The van der Waals surface area contributed by atoms with Gasteiger partial charge in [-0.2, -0.15) is 5.10 Å². The van der Waals surface area contributed by atoms with E-state index in [1.54, 1.807) is 10.9 Å². The quantitative estimate of drug-likeness (QED) is 0.623. The zero-order chi connectivity index (χ0) is 19.2. The Labute approximate surface area is 168 Å².